The molecule has 1 aromatic rings. The number of carbonyl (C=O) groups excluding carboxylic acids is 1. The lowest BCUT2D eigenvalue weighted by Crippen LogP contribution is -2.60. The minimum Gasteiger partial charge on any atom is -0.342 e. The molecule has 1 aromatic heterocycles. The van der Waals surface area contributed by atoms with E-state index in [1.54, 1.807) is 0 Å². The van der Waals surface area contributed by atoms with Crippen LogP contribution in [0.25, 0.3) is 0 Å². The first-order chi connectivity index (χ1) is 12.6. The van der Waals surface area contributed by atoms with E-state index in [0.29, 0.717) is 12.3 Å². The maximum absolute atomic E-state index is 12.6. The number of hydrogen-bond acceptors (Lipinski definition) is 4. The highest BCUT2D eigenvalue weighted by atomic mass is 16.2. The van der Waals surface area contributed by atoms with Gasteiger partial charge >= 0.3 is 0 Å². The minimum absolute atomic E-state index is 0.146. The molecule has 0 N–H and O–H groups in total. The summed E-state index contributed by atoms with van der Waals surface area (Å²) in [5, 5.41) is 4.42. The molecule has 4 rings (SSSR count). The lowest BCUT2D eigenvalue weighted by atomic mass is 9.86. The summed E-state index contributed by atoms with van der Waals surface area (Å²) in [7, 11) is 2.26. The molecule has 2 aliphatic heterocycles. The maximum atomic E-state index is 12.6. The van der Waals surface area contributed by atoms with Gasteiger partial charge in [0.05, 0.1) is 6.20 Å². The summed E-state index contributed by atoms with van der Waals surface area (Å²) in [6.07, 6.45) is 9.60. The lowest BCUT2D eigenvalue weighted by molar-refractivity contribution is -0.131. The smallest absolute Gasteiger partial charge is 0.222 e. The van der Waals surface area contributed by atoms with E-state index in [1.807, 2.05) is 10.9 Å². The Hall–Kier alpha value is -1.40. The Morgan fingerprint density at radius 3 is 2.81 bits per heavy atom. The van der Waals surface area contributed by atoms with Crippen LogP contribution in [-0.2, 0) is 17.9 Å². The second-order valence-electron chi connectivity index (χ2n) is 8.59. The Balaban J connectivity index is 1.42. The van der Waals surface area contributed by atoms with Crippen molar-refractivity contribution in [3.8, 4) is 0 Å². The van der Waals surface area contributed by atoms with Crippen LogP contribution in [0.2, 0.25) is 0 Å². The number of aromatic nitrogens is 2. The standard InChI is InChI=1S/C20H33N5O/c1-3-25-15-18(12-21-25)13-23-11-10-22(2)20(16-23)7-6-19(26)24(9-8-20)14-17-4-5-17/h12,15,17H,3-11,13-14,16H2,1-2H3. The van der Waals surface area contributed by atoms with Crippen LogP contribution in [-0.4, -0.2) is 75.7 Å². The molecule has 6 nitrogen and oxygen atoms in total. The van der Waals surface area contributed by atoms with Gasteiger partial charge in [-0.2, -0.15) is 5.10 Å². The van der Waals surface area contributed by atoms with E-state index in [-0.39, 0.29) is 5.54 Å². The Bertz CT molecular complexity index is 640. The summed E-state index contributed by atoms with van der Waals surface area (Å²) in [6.45, 7) is 9.18. The van der Waals surface area contributed by atoms with Crippen molar-refractivity contribution in [3.63, 3.8) is 0 Å². The van der Waals surface area contributed by atoms with Crippen LogP contribution < -0.4 is 0 Å². The molecule has 1 amide bonds. The van der Waals surface area contributed by atoms with Gasteiger partial charge in [0.25, 0.3) is 0 Å². The van der Waals surface area contributed by atoms with Crippen molar-refractivity contribution < 1.29 is 4.79 Å². The second-order valence-corrected chi connectivity index (χ2v) is 8.59. The summed E-state index contributed by atoms with van der Waals surface area (Å²) in [4.78, 5) is 19.9. The Morgan fingerprint density at radius 2 is 2.08 bits per heavy atom. The summed E-state index contributed by atoms with van der Waals surface area (Å²) in [5.74, 6) is 1.16. The largest absolute Gasteiger partial charge is 0.342 e. The van der Waals surface area contributed by atoms with Gasteiger partial charge in [0.1, 0.15) is 0 Å². The number of rotatable bonds is 5. The number of amides is 1. The van der Waals surface area contributed by atoms with Crippen molar-refractivity contribution in [2.75, 3.05) is 39.8 Å². The highest BCUT2D eigenvalue weighted by Crippen LogP contribution is 2.35. The predicted octanol–water partition coefficient (Wildman–Crippen LogP) is 1.81. The molecule has 0 radical (unpaired) electrons. The zero-order valence-electron chi connectivity index (χ0n) is 16.4. The van der Waals surface area contributed by atoms with Crippen LogP contribution in [0.3, 0.4) is 0 Å². The summed E-state index contributed by atoms with van der Waals surface area (Å²) in [6, 6.07) is 0. The van der Waals surface area contributed by atoms with Gasteiger partial charge in [-0.05, 0) is 45.6 Å². The Labute approximate surface area is 157 Å². The maximum Gasteiger partial charge on any atom is 0.222 e. The Kier molecular flexibility index (Phi) is 5.06. The van der Waals surface area contributed by atoms with Gasteiger partial charge in [0.2, 0.25) is 5.91 Å². The number of likely N-dealkylation sites (N-methyl/N-ethyl adjacent to an activating group) is 1. The van der Waals surface area contributed by atoms with E-state index in [2.05, 4.69) is 40.0 Å². The lowest BCUT2D eigenvalue weighted by Gasteiger charge is -2.49. The van der Waals surface area contributed by atoms with E-state index in [9.17, 15) is 4.79 Å². The van der Waals surface area contributed by atoms with E-state index in [4.69, 9.17) is 0 Å². The highest BCUT2D eigenvalue weighted by Gasteiger charge is 2.42. The summed E-state index contributed by atoms with van der Waals surface area (Å²) < 4.78 is 2.00. The molecule has 3 aliphatic rings. The summed E-state index contributed by atoms with van der Waals surface area (Å²) >= 11 is 0. The molecule has 1 aliphatic carbocycles. The van der Waals surface area contributed by atoms with E-state index >= 15 is 0 Å². The van der Waals surface area contributed by atoms with Gasteiger partial charge in [-0.15, -0.1) is 0 Å². The van der Waals surface area contributed by atoms with Gasteiger partial charge in [0.15, 0.2) is 0 Å². The molecular weight excluding hydrogens is 326 g/mol. The van der Waals surface area contributed by atoms with E-state index < -0.39 is 0 Å². The molecule has 2 saturated heterocycles. The van der Waals surface area contributed by atoms with Crippen LogP contribution in [0.5, 0.6) is 0 Å². The molecule has 0 aromatic carbocycles. The average Bonchev–Trinajstić information content (AvgIpc) is 3.37. The minimum atomic E-state index is 0.146. The normalized spacial score (nSPS) is 28.7. The van der Waals surface area contributed by atoms with E-state index in [0.717, 1.165) is 64.6 Å². The molecule has 6 heteroatoms. The fourth-order valence-electron chi connectivity index (χ4n) is 4.63. The highest BCUT2D eigenvalue weighted by molar-refractivity contribution is 5.76. The van der Waals surface area contributed by atoms with Crippen molar-refractivity contribution in [3.05, 3.63) is 18.0 Å². The molecule has 1 unspecified atom stereocenters. The number of piperazine rings is 1. The van der Waals surface area contributed by atoms with Gasteiger partial charge in [0, 0.05) is 69.5 Å². The molecule has 0 bridgehead atoms. The molecule has 26 heavy (non-hydrogen) atoms. The predicted molar refractivity (Wildman–Crippen MR) is 102 cm³/mol. The van der Waals surface area contributed by atoms with Crippen LogP contribution in [0.1, 0.15) is 44.6 Å². The van der Waals surface area contributed by atoms with Gasteiger partial charge < -0.3 is 4.90 Å². The van der Waals surface area contributed by atoms with Crippen LogP contribution in [0.4, 0.5) is 0 Å². The number of likely N-dealkylation sites (tertiary alicyclic amines) is 1. The zero-order chi connectivity index (χ0) is 18.1. The van der Waals surface area contributed by atoms with Gasteiger partial charge in [-0.25, -0.2) is 0 Å². The molecule has 3 fully saturated rings. The monoisotopic (exact) mass is 359 g/mol. The average molecular weight is 360 g/mol. The fourth-order valence-corrected chi connectivity index (χ4v) is 4.63. The topological polar surface area (TPSA) is 44.6 Å². The number of aryl methyl sites for hydroxylation is 1. The molecule has 144 valence electrons. The van der Waals surface area contributed by atoms with Crippen LogP contribution >= 0.6 is 0 Å². The molecule has 3 heterocycles. The van der Waals surface area contributed by atoms with Crippen molar-refractivity contribution in [1.29, 1.82) is 0 Å². The zero-order valence-corrected chi connectivity index (χ0v) is 16.4. The quantitative estimate of drug-likeness (QED) is 0.804. The molecule has 1 atom stereocenters. The van der Waals surface area contributed by atoms with Crippen molar-refractivity contribution in [2.24, 2.45) is 5.92 Å². The van der Waals surface area contributed by atoms with Crippen LogP contribution in [0, 0.1) is 5.92 Å². The molecular formula is C20H33N5O. The van der Waals surface area contributed by atoms with Crippen molar-refractivity contribution in [1.82, 2.24) is 24.5 Å². The third-order valence-electron chi connectivity index (χ3n) is 6.68. The first-order valence-electron chi connectivity index (χ1n) is 10.3. The SMILES string of the molecule is CCn1cc(CN2CCN(C)C3(CCC(=O)N(CC4CC4)CC3)C2)cn1. The van der Waals surface area contributed by atoms with Crippen LogP contribution in [0.15, 0.2) is 12.4 Å². The number of nitrogens with zero attached hydrogens (tertiary/aromatic N) is 5. The van der Waals surface area contributed by atoms with Gasteiger partial charge in [-0.1, -0.05) is 0 Å². The van der Waals surface area contributed by atoms with E-state index in [1.165, 1.54) is 18.4 Å². The van der Waals surface area contributed by atoms with Gasteiger partial charge in [-0.3, -0.25) is 19.3 Å². The summed E-state index contributed by atoms with van der Waals surface area (Å²) in [5.41, 5.74) is 1.44. The molecule has 1 saturated carbocycles. The second kappa shape index (κ2) is 7.31. The third-order valence-corrected chi connectivity index (χ3v) is 6.68. The molecule has 1 spiro atoms. The third kappa shape index (κ3) is 3.81. The van der Waals surface area contributed by atoms with Crippen molar-refractivity contribution in [2.45, 2.75) is 57.7 Å². The fraction of sp³-hybridized carbons (Fsp3) is 0.800. The number of hydrogen-bond donors (Lipinski definition) is 0. The first kappa shape index (κ1) is 18.0. The Morgan fingerprint density at radius 1 is 1.23 bits per heavy atom. The van der Waals surface area contributed by atoms with Crippen molar-refractivity contribution >= 4 is 5.91 Å². The first-order valence-corrected chi connectivity index (χ1v) is 10.3. The number of carbonyl (C=O) groups is 1.